The van der Waals surface area contributed by atoms with Crippen molar-refractivity contribution in [3.8, 4) is 6.07 Å². The first-order chi connectivity index (χ1) is 9.46. The highest BCUT2D eigenvalue weighted by Crippen LogP contribution is 2.32. The zero-order valence-corrected chi connectivity index (χ0v) is 12.0. The van der Waals surface area contributed by atoms with Crippen LogP contribution in [0.25, 0.3) is 0 Å². The number of anilines is 1. The summed E-state index contributed by atoms with van der Waals surface area (Å²) < 4.78 is 13.1. The number of para-hydroxylation sites is 1. The molecule has 2 aromatic rings. The van der Waals surface area contributed by atoms with Crippen molar-refractivity contribution in [2.45, 2.75) is 19.4 Å². The number of aryl methyl sites for hydroxylation is 1. The fourth-order valence-corrected chi connectivity index (χ4v) is 2.39. The monoisotopic (exact) mass is 288 g/mol. The first-order valence-corrected chi connectivity index (χ1v) is 6.54. The van der Waals surface area contributed by atoms with Crippen LogP contribution in [0.2, 0.25) is 5.02 Å². The van der Waals surface area contributed by atoms with Gasteiger partial charge in [0.2, 0.25) is 0 Å². The molecule has 0 aliphatic rings. The summed E-state index contributed by atoms with van der Waals surface area (Å²) in [6.07, 6.45) is 0. The molecule has 102 valence electrons. The van der Waals surface area contributed by atoms with Crippen molar-refractivity contribution in [3.63, 3.8) is 0 Å². The minimum absolute atomic E-state index is 0.232. The Morgan fingerprint density at radius 1 is 1.25 bits per heavy atom. The van der Waals surface area contributed by atoms with Crippen molar-refractivity contribution in [2.75, 3.05) is 5.32 Å². The number of hydrogen-bond acceptors (Lipinski definition) is 2. The fourth-order valence-electron chi connectivity index (χ4n) is 2.03. The van der Waals surface area contributed by atoms with E-state index in [4.69, 9.17) is 11.6 Å². The van der Waals surface area contributed by atoms with Gasteiger partial charge in [-0.2, -0.15) is 5.26 Å². The molecule has 1 atom stereocenters. The maximum Gasteiger partial charge on any atom is 0.149 e. The number of hydrogen-bond donors (Lipinski definition) is 1. The van der Waals surface area contributed by atoms with Crippen LogP contribution >= 0.6 is 11.6 Å². The van der Waals surface area contributed by atoms with Gasteiger partial charge in [0.15, 0.2) is 0 Å². The van der Waals surface area contributed by atoms with Crippen LogP contribution in [-0.2, 0) is 5.54 Å². The quantitative estimate of drug-likeness (QED) is 0.893. The minimum Gasteiger partial charge on any atom is -0.364 e. The van der Waals surface area contributed by atoms with Crippen LogP contribution in [-0.4, -0.2) is 0 Å². The van der Waals surface area contributed by atoms with Gasteiger partial charge in [-0.3, -0.25) is 0 Å². The lowest BCUT2D eigenvalue weighted by molar-refractivity contribution is 0.623. The number of halogens is 2. The second-order valence-corrected chi connectivity index (χ2v) is 5.21. The van der Waals surface area contributed by atoms with Crippen molar-refractivity contribution in [3.05, 3.63) is 64.4 Å². The molecule has 2 nitrogen and oxygen atoms in total. The zero-order chi connectivity index (χ0) is 14.8. The van der Waals surface area contributed by atoms with Crippen LogP contribution in [0.1, 0.15) is 18.1 Å². The van der Waals surface area contributed by atoms with Gasteiger partial charge in [-0.15, -0.1) is 0 Å². The average molecular weight is 289 g/mol. The zero-order valence-electron chi connectivity index (χ0n) is 11.2. The highest BCUT2D eigenvalue weighted by atomic mass is 35.5. The van der Waals surface area contributed by atoms with Gasteiger partial charge in [-0.1, -0.05) is 35.9 Å². The van der Waals surface area contributed by atoms with E-state index in [2.05, 4.69) is 11.4 Å². The van der Waals surface area contributed by atoms with Gasteiger partial charge in [0.05, 0.1) is 11.1 Å². The molecule has 0 amide bonds. The smallest absolute Gasteiger partial charge is 0.149 e. The Labute approximate surface area is 122 Å². The molecule has 1 unspecified atom stereocenters. The summed E-state index contributed by atoms with van der Waals surface area (Å²) in [6, 6.07) is 13.9. The van der Waals surface area contributed by atoms with E-state index in [9.17, 15) is 9.65 Å². The van der Waals surface area contributed by atoms with Crippen LogP contribution in [0.5, 0.6) is 0 Å². The number of nitrogens with one attached hydrogen (secondary N) is 1. The molecule has 0 aromatic heterocycles. The Morgan fingerprint density at radius 3 is 2.55 bits per heavy atom. The molecule has 0 saturated heterocycles. The topological polar surface area (TPSA) is 35.8 Å². The van der Waals surface area contributed by atoms with Gasteiger partial charge in [-0.25, -0.2) is 4.39 Å². The Morgan fingerprint density at radius 2 is 1.95 bits per heavy atom. The molecule has 2 aromatic carbocycles. The third-order valence-electron chi connectivity index (χ3n) is 3.22. The normalized spacial score (nSPS) is 13.3. The molecular formula is C16H14ClFN2. The van der Waals surface area contributed by atoms with Gasteiger partial charge < -0.3 is 5.32 Å². The van der Waals surface area contributed by atoms with Gasteiger partial charge in [0, 0.05) is 11.3 Å². The summed E-state index contributed by atoms with van der Waals surface area (Å²) in [4.78, 5) is 0. The van der Waals surface area contributed by atoms with Gasteiger partial charge in [0.1, 0.15) is 11.4 Å². The van der Waals surface area contributed by atoms with Crippen LogP contribution in [0.4, 0.5) is 10.1 Å². The van der Waals surface area contributed by atoms with E-state index in [1.54, 1.807) is 6.92 Å². The summed E-state index contributed by atoms with van der Waals surface area (Å²) in [7, 11) is 0. The molecule has 0 bridgehead atoms. The Hall–Kier alpha value is -2.05. The first kappa shape index (κ1) is 14.4. The van der Waals surface area contributed by atoms with Crippen molar-refractivity contribution >= 4 is 17.3 Å². The summed E-state index contributed by atoms with van der Waals surface area (Å²) >= 11 is 6.07. The minimum atomic E-state index is -1.03. The Balaban J connectivity index is 2.44. The summed E-state index contributed by atoms with van der Waals surface area (Å²) in [5.41, 5.74) is 1.38. The van der Waals surface area contributed by atoms with E-state index in [1.165, 1.54) is 18.2 Å². The van der Waals surface area contributed by atoms with E-state index >= 15 is 0 Å². The van der Waals surface area contributed by atoms with Crippen LogP contribution < -0.4 is 5.32 Å². The van der Waals surface area contributed by atoms with Gasteiger partial charge >= 0.3 is 0 Å². The molecule has 0 radical (unpaired) electrons. The second kappa shape index (κ2) is 5.52. The molecule has 4 heteroatoms. The van der Waals surface area contributed by atoms with Gasteiger partial charge in [-0.05, 0) is 37.6 Å². The molecule has 0 aliphatic heterocycles. The third kappa shape index (κ3) is 2.76. The van der Waals surface area contributed by atoms with E-state index < -0.39 is 11.4 Å². The van der Waals surface area contributed by atoms with Crippen LogP contribution in [0.3, 0.4) is 0 Å². The maximum absolute atomic E-state index is 13.1. The number of nitriles is 1. The van der Waals surface area contributed by atoms with Crippen molar-refractivity contribution < 1.29 is 4.39 Å². The van der Waals surface area contributed by atoms with Gasteiger partial charge in [0.25, 0.3) is 0 Å². The predicted octanol–water partition coefficient (Wildman–Crippen LogP) is 4.64. The van der Waals surface area contributed by atoms with Crippen molar-refractivity contribution in [2.24, 2.45) is 0 Å². The van der Waals surface area contributed by atoms with Crippen LogP contribution in [0, 0.1) is 24.1 Å². The molecule has 0 aliphatic carbocycles. The lowest BCUT2D eigenvalue weighted by Crippen LogP contribution is -2.30. The third-order valence-corrected chi connectivity index (χ3v) is 3.54. The molecule has 0 saturated carbocycles. The van der Waals surface area contributed by atoms with E-state index in [1.807, 2.05) is 31.2 Å². The molecular weight excluding hydrogens is 275 g/mol. The lowest BCUT2D eigenvalue weighted by Gasteiger charge is -2.27. The van der Waals surface area contributed by atoms with Crippen LogP contribution in [0.15, 0.2) is 42.5 Å². The Kier molecular flexibility index (Phi) is 3.96. The highest BCUT2D eigenvalue weighted by molar-refractivity contribution is 6.31. The fraction of sp³-hybridized carbons (Fsp3) is 0.188. The number of rotatable bonds is 3. The summed E-state index contributed by atoms with van der Waals surface area (Å²) in [5.74, 6) is -0.421. The SMILES string of the molecule is Cc1ccccc1NC(C)(C#N)c1ccc(F)cc1Cl. The molecule has 0 fully saturated rings. The lowest BCUT2D eigenvalue weighted by atomic mass is 9.92. The highest BCUT2D eigenvalue weighted by Gasteiger charge is 2.29. The largest absolute Gasteiger partial charge is 0.364 e. The number of nitrogens with zero attached hydrogens (tertiary/aromatic N) is 1. The average Bonchev–Trinajstić information content (AvgIpc) is 2.41. The number of benzene rings is 2. The van der Waals surface area contributed by atoms with E-state index in [0.717, 1.165) is 11.3 Å². The van der Waals surface area contributed by atoms with Crippen molar-refractivity contribution in [1.29, 1.82) is 5.26 Å². The first-order valence-electron chi connectivity index (χ1n) is 6.17. The molecule has 0 spiro atoms. The summed E-state index contributed by atoms with van der Waals surface area (Å²) in [6.45, 7) is 3.67. The second-order valence-electron chi connectivity index (χ2n) is 4.80. The summed E-state index contributed by atoms with van der Waals surface area (Å²) in [5, 5.41) is 12.9. The maximum atomic E-state index is 13.1. The standard InChI is InChI=1S/C16H14ClFN2/c1-11-5-3-4-6-15(11)20-16(2,10-19)13-8-7-12(18)9-14(13)17/h3-9,20H,1-2H3. The predicted molar refractivity (Wildman–Crippen MR) is 79.2 cm³/mol. The molecule has 0 heterocycles. The van der Waals surface area contributed by atoms with E-state index in [0.29, 0.717) is 5.56 Å². The van der Waals surface area contributed by atoms with E-state index in [-0.39, 0.29) is 5.02 Å². The molecule has 1 N–H and O–H groups in total. The van der Waals surface area contributed by atoms with Crippen molar-refractivity contribution in [1.82, 2.24) is 0 Å². The Bertz CT molecular complexity index is 678. The molecule has 2 rings (SSSR count). The molecule has 20 heavy (non-hydrogen) atoms.